The third kappa shape index (κ3) is 2.25. The first-order valence-corrected chi connectivity index (χ1v) is 6.68. The lowest BCUT2D eigenvalue weighted by Crippen LogP contribution is -2.39. The standard InChI is InChI=1S/C15H17FO3/c1-18-15(17)14-12(8-11-6-7-13(14)19-11)9-2-4-10(16)5-3-9/h2-5,11-14H,6-8H2,1H3/t11-,12+,13+,14-/m0/s1. The van der Waals surface area contributed by atoms with Crippen molar-refractivity contribution in [2.45, 2.75) is 37.4 Å². The Morgan fingerprint density at radius 1 is 1.32 bits per heavy atom. The monoisotopic (exact) mass is 264 g/mol. The van der Waals surface area contributed by atoms with E-state index >= 15 is 0 Å². The van der Waals surface area contributed by atoms with E-state index in [1.165, 1.54) is 19.2 Å². The zero-order chi connectivity index (χ0) is 13.4. The van der Waals surface area contributed by atoms with E-state index in [1.807, 2.05) is 0 Å². The van der Waals surface area contributed by atoms with Crippen molar-refractivity contribution < 1.29 is 18.7 Å². The number of esters is 1. The molecule has 0 radical (unpaired) electrons. The van der Waals surface area contributed by atoms with Gasteiger partial charge in [0.1, 0.15) is 5.82 Å². The number of hydrogen-bond acceptors (Lipinski definition) is 3. The van der Waals surface area contributed by atoms with E-state index < -0.39 is 0 Å². The average Bonchev–Trinajstić information content (AvgIpc) is 2.80. The number of hydrogen-bond donors (Lipinski definition) is 0. The predicted octanol–water partition coefficient (Wildman–Crippen LogP) is 2.65. The molecule has 0 amide bonds. The van der Waals surface area contributed by atoms with Crippen molar-refractivity contribution in [2.75, 3.05) is 7.11 Å². The quantitative estimate of drug-likeness (QED) is 0.770. The molecular weight excluding hydrogens is 247 g/mol. The number of halogens is 1. The van der Waals surface area contributed by atoms with Crippen molar-refractivity contribution in [1.82, 2.24) is 0 Å². The molecule has 0 spiro atoms. The first-order valence-electron chi connectivity index (χ1n) is 6.68. The number of carbonyl (C=O) groups is 1. The summed E-state index contributed by atoms with van der Waals surface area (Å²) < 4.78 is 23.8. The summed E-state index contributed by atoms with van der Waals surface area (Å²) in [5, 5.41) is 0. The molecule has 4 atom stereocenters. The van der Waals surface area contributed by atoms with Crippen molar-refractivity contribution in [3.8, 4) is 0 Å². The minimum Gasteiger partial charge on any atom is -0.469 e. The molecular formula is C15H17FO3. The van der Waals surface area contributed by atoms with E-state index in [0.29, 0.717) is 0 Å². The van der Waals surface area contributed by atoms with E-state index in [-0.39, 0.29) is 35.8 Å². The molecule has 0 unspecified atom stereocenters. The smallest absolute Gasteiger partial charge is 0.311 e. The van der Waals surface area contributed by atoms with Gasteiger partial charge in [0.2, 0.25) is 0 Å². The molecule has 0 N–H and O–H groups in total. The summed E-state index contributed by atoms with van der Waals surface area (Å²) in [6.07, 6.45) is 2.88. The number of benzene rings is 1. The lowest BCUT2D eigenvalue weighted by molar-refractivity contribution is -0.156. The highest BCUT2D eigenvalue weighted by molar-refractivity contribution is 5.74. The van der Waals surface area contributed by atoms with Gasteiger partial charge in [-0.15, -0.1) is 0 Å². The van der Waals surface area contributed by atoms with Gasteiger partial charge in [0.05, 0.1) is 25.2 Å². The first-order chi connectivity index (χ1) is 9.19. The molecule has 102 valence electrons. The molecule has 4 heteroatoms. The SMILES string of the molecule is COC(=O)[C@H]1[C@@H](c2ccc(F)cc2)C[C@@H]2CC[C@H]1O2. The summed E-state index contributed by atoms with van der Waals surface area (Å²) in [7, 11) is 1.41. The van der Waals surface area contributed by atoms with Crippen LogP contribution in [-0.2, 0) is 14.3 Å². The largest absolute Gasteiger partial charge is 0.469 e. The molecule has 19 heavy (non-hydrogen) atoms. The van der Waals surface area contributed by atoms with Gasteiger partial charge in [-0.05, 0) is 37.0 Å². The Bertz CT molecular complexity index is 471. The number of methoxy groups -OCH3 is 1. The molecule has 3 rings (SSSR count). The van der Waals surface area contributed by atoms with Gasteiger partial charge < -0.3 is 9.47 Å². The van der Waals surface area contributed by atoms with Crippen LogP contribution < -0.4 is 0 Å². The summed E-state index contributed by atoms with van der Waals surface area (Å²) in [5.74, 6) is -0.679. The van der Waals surface area contributed by atoms with Crippen LogP contribution in [0.5, 0.6) is 0 Å². The van der Waals surface area contributed by atoms with E-state index in [2.05, 4.69) is 0 Å². The third-order valence-electron chi connectivity index (χ3n) is 4.26. The van der Waals surface area contributed by atoms with Crippen LogP contribution in [-0.4, -0.2) is 25.3 Å². The molecule has 2 aliphatic rings. The van der Waals surface area contributed by atoms with Gasteiger partial charge in [-0.25, -0.2) is 4.39 Å². The maximum absolute atomic E-state index is 13.0. The van der Waals surface area contributed by atoms with Gasteiger partial charge >= 0.3 is 5.97 Å². The van der Waals surface area contributed by atoms with Crippen LogP contribution in [0.2, 0.25) is 0 Å². The summed E-state index contributed by atoms with van der Waals surface area (Å²) in [4.78, 5) is 12.0. The molecule has 0 saturated carbocycles. The zero-order valence-corrected chi connectivity index (χ0v) is 10.8. The van der Waals surface area contributed by atoms with E-state index in [4.69, 9.17) is 9.47 Å². The van der Waals surface area contributed by atoms with Crippen molar-refractivity contribution in [1.29, 1.82) is 0 Å². The lowest BCUT2D eigenvalue weighted by atomic mass is 9.79. The average molecular weight is 264 g/mol. The zero-order valence-electron chi connectivity index (χ0n) is 10.8. The lowest BCUT2D eigenvalue weighted by Gasteiger charge is -2.35. The van der Waals surface area contributed by atoms with Crippen LogP contribution in [0.25, 0.3) is 0 Å². The third-order valence-corrected chi connectivity index (χ3v) is 4.26. The number of fused-ring (bicyclic) bond motifs is 2. The van der Waals surface area contributed by atoms with Gasteiger partial charge in [0.15, 0.2) is 0 Å². The second kappa shape index (κ2) is 4.93. The molecule has 1 aromatic rings. The normalized spacial score (nSPS) is 33.2. The Morgan fingerprint density at radius 2 is 2.05 bits per heavy atom. The predicted molar refractivity (Wildman–Crippen MR) is 67.2 cm³/mol. The molecule has 3 nitrogen and oxygen atoms in total. The maximum Gasteiger partial charge on any atom is 0.311 e. The summed E-state index contributed by atoms with van der Waals surface area (Å²) in [6, 6.07) is 6.42. The highest BCUT2D eigenvalue weighted by Crippen LogP contribution is 2.45. The summed E-state index contributed by atoms with van der Waals surface area (Å²) in [6.45, 7) is 0. The Morgan fingerprint density at radius 3 is 2.74 bits per heavy atom. The second-order valence-corrected chi connectivity index (χ2v) is 5.32. The number of rotatable bonds is 2. The van der Waals surface area contributed by atoms with Crippen LogP contribution in [0.4, 0.5) is 4.39 Å². The molecule has 0 aliphatic carbocycles. The molecule has 2 bridgehead atoms. The van der Waals surface area contributed by atoms with E-state index in [0.717, 1.165) is 24.8 Å². The molecule has 1 aromatic carbocycles. The van der Waals surface area contributed by atoms with Gasteiger partial charge in [-0.2, -0.15) is 0 Å². The Balaban J connectivity index is 1.92. The fraction of sp³-hybridized carbons (Fsp3) is 0.533. The highest BCUT2D eigenvalue weighted by Gasteiger charge is 2.47. The van der Waals surface area contributed by atoms with Crippen LogP contribution in [0.15, 0.2) is 24.3 Å². The Kier molecular flexibility index (Phi) is 3.27. The summed E-state index contributed by atoms with van der Waals surface area (Å²) >= 11 is 0. The minimum absolute atomic E-state index is 0.0544. The fourth-order valence-electron chi connectivity index (χ4n) is 3.37. The molecule has 2 saturated heterocycles. The summed E-state index contributed by atoms with van der Waals surface area (Å²) in [5.41, 5.74) is 0.997. The van der Waals surface area contributed by atoms with E-state index in [9.17, 15) is 9.18 Å². The maximum atomic E-state index is 13.0. The van der Waals surface area contributed by atoms with Gasteiger partial charge in [0.25, 0.3) is 0 Å². The second-order valence-electron chi connectivity index (χ2n) is 5.32. The van der Waals surface area contributed by atoms with Crippen molar-refractivity contribution >= 4 is 5.97 Å². The van der Waals surface area contributed by atoms with Crippen molar-refractivity contribution in [3.05, 3.63) is 35.6 Å². The van der Waals surface area contributed by atoms with Gasteiger partial charge in [-0.1, -0.05) is 12.1 Å². The van der Waals surface area contributed by atoms with Gasteiger partial charge in [0, 0.05) is 5.92 Å². The highest BCUT2D eigenvalue weighted by atomic mass is 19.1. The molecule has 2 aliphatic heterocycles. The van der Waals surface area contributed by atoms with Crippen LogP contribution in [0.1, 0.15) is 30.7 Å². The van der Waals surface area contributed by atoms with Crippen LogP contribution >= 0.6 is 0 Å². The van der Waals surface area contributed by atoms with Crippen molar-refractivity contribution in [2.24, 2.45) is 5.92 Å². The fourth-order valence-corrected chi connectivity index (χ4v) is 3.37. The minimum atomic E-state index is -0.269. The van der Waals surface area contributed by atoms with E-state index in [1.54, 1.807) is 12.1 Å². The topological polar surface area (TPSA) is 35.5 Å². The van der Waals surface area contributed by atoms with Crippen LogP contribution in [0.3, 0.4) is 0 Å². The van der Waals surface area contributed by atoms with Gasteiger partial charge in [-0.3, -0.25) is 4.79 Å². The molecule has 2 heterocycles. The molecule has 2 fully saturated rings. The Hall–Kier alpha value is -1.42. The van der Waals surface area contributed by atoms with Crippen molar-refractivity contribution in [3.63, 3.8) is 0 Å². The number of ether oxygens (including phenoxy) is 2. The van der Waals surface area contributed by atoms with Crippen LogP contribution in [0, 0.1) is 11.7 Å². The number of carbonyl (C=O) groups excluding carboxylic acids is 1. The Labute approximate surface area is 111 Å². The molecule has 0 aromatic heterocycles. The first kappa shape index (κ1) is 12.6.